The molecule has 0 atom stereocenters. The van der Waals surface area contributed by atoms with Gasteiger partial charge in [-0.25, -0.2) is 0 Å². The minimum absolute atomic E-state index is 0. The number of nitrogens with one attached hydrogen (secondary N) is 1. The van der Waals surface area contributed by atoms with Gasteiger partial charge in [0.25, 0.3) is 0 Å². The number of rotatable bonds is 0. The molecule has 0 bridgehead atoms. The molecular formula is C12H23N3. The third kappa shape index (κ3) is 3.35. The molecule has 0 fully saturated rings. The highest BCUT2D eigenvalue weighted by molar-refractivity contribution is 5.75. The van der Waals surface area contributed by atoms with Crippen molar-refractivity contribution in [3.05, 3.63) is 23.3 Å². The first-order chi connectivity index (χ1) is 7.27. The van der Waals surface area contributed by atoms with Gasteiger partial charge in [-0.05, 0) is 37.1 Å². The lowest BCUT2D eigenvalue weighted by atomic mass is 10.1. The van der Waals surface area contributed by atoms with Gasteiger partial charge in [-0.1, -0.05) is 27.7 Å². The van der Waals surface area contributed by atoms with E-state index in [1.165, 1.54) is 11.1 Å². The van der Waals surface area contributed by atoms with Gasteiger partial charge in [-0.15, -0.1) is 0 Å². The van der Waals surface area contributed by atoms with Crippen molar-refractivity contribution in [1.29, 1.82) is 0 Å². The zero-order valence-corrected chi connectivity index (χ0v) is 10.5. The predicted molar refractivity (Wildman–Crippen MR) is 68.2 cm³/mol. The average molecular weight is 209 g/mol. The lowest BCUT2D eigenvalue weighted by molar-refractivity contribution is 0.959. The van der Waals surface area contributed by atoms with E-state index in [0.717, 1.165) is 11.0 Å². The number of fused-ring (bicyclic) bond motifs is 1. The quantitative estimate of drug-likeness (QED) is 0.715. The van der Waals surface area contributed by atoms with Crippen molar-refractivity contribution < 1.29 is 1.43 Å². The fraction of sp³-hybridized carbons (Fsp3) is 0.500. The lowest BCUT2D eigenvalue weighted by Crippen LogP contribution is -1.79. The molecule has 3 heteroatoms. The molecule has 0 unspecified atom stereocenters. The van der Waals surface area contributed by atoms with E-state index < -0.39 is 0 Å². The van der Waals surface area contributed by atoms with Crippen LogP contribution in [0.5, 0.6) is 0 Å². The van der Waals surface area contributed by atoms with Crippen molar-refractivity contribution in [3.8, 4) is 0 Å². The Bertz CT molecular complexity index is 360. The molecule has 0 saturated carbocycles. The Hall–Kier alpha value is -1.38. The number of hydrogen-bond acceptors (Lipinski definition) is 2. The molecule has 3 nitrogen and oxygen atoms in total. The molecule has 1 aromatic heterocycles. The summed E-state index contributed by atoms with van der Waals surface area (Å²) in [4.78, 5) is 0. The van der Waals surface area contributed by atoms with E-state index in [-0.39, 0.29) is 1.43 Å². The highest BCUT2D eigenvalue weighted by Gasteiger charge is 1.99. The summed E-state index contributed by atoms with van der Waals surface area (Å²) in [6.07, 6.45) is 0. The Balaban J connectivity index is 0. The maximum Gasteiger partial charge on any atom is 0.113 e. The van der Waals surface area contributed by atoms with E-state index in [2.05, 4.69) is 29.3 Å². The third-order valence-electron chi connectivity index (χ3n) is 1.93. The summed E-state index contributed by atoms with van der Waals surface area (Å²) in [5.74, 6) is 0. The molecule has 0 amide bonds. The molecule has 0 aliphatic rings. The van der Waals surface area contributed by atoms with E-state index in [1.54, 1.807) is 0 Å². The minimum atomic E-state index is 0. The number of aryl methyl sites for hydroxylation is 2. The largest absolute Gasteiger partial charge is 0.197 e. The Morgan fingerprint density at radius 1 is 0.867 bits per heavy atom. The van der Waals surface area contributed by atoms with Crippen LogP contribution in [-0.4, -0.2) is 15.4 Å². The van der Waals surface area contributed by atoms with E-state index >= 15 is 0 Å². The van der Waals surface area contributed by atoms with Gasteiger partial charge in [-0.2, -0.15) is 15.4 Å². The minimum Gasteiger partial charge on any atom is -0.197 e. The van der Waals surface area contributed by atoms with Gasteiger partial charge < -0.3 is 0 Å². The van der Waals surface area contributed by atoms with Crippen molar-refractivity contribution in [2.75, 3.05) is 0 Å². The lowest BCUT2D eigenvalue weighted by Gasteiger charge is -1.95. The SMILES string of the molecule is CC.CC.Cc1cc2n[nH]nc2cc1C.[HH]. The number of benzene rings is 1. The van der Waals surface area contributed by atoms with Crippen LogP contribution < -0.4 is 0 Å². The van der Waals surface area contributed by atoms with Crippen LogP contribution in [0, 0.1) is 13.8 Å². The first-order valence-electron chi connectivity index (χ1n) is 5.55. The molecule has 15 heavy (non-hydrogen) atoms. The molecule has 0 aliphatic heterocycles. The second kappa shape index (κ2) is 6.98. The molecule has 0 saturated heterocycles. The molecule has 0 aliphatic carbocycles. The summed E-state index contributed by atoms with van der Waals surface area (Å²) < 4.78 is 0. The van der Waals surface area contributed by atoms with Crippen LogP contribution in [0.1, 0.15) is 40.2 Å². The van der Waals surface area contributed by atoms with Crippen LogP contribution in [0.4, 0.5) is 0 Å². The first-order valence-corrected chi connectivity index (χ1v) is 5.55. The average Bonchev–Trinajstić information content (AvgIpc) is 2.72. The van der Waals surface area contributed by atoms with Gasteiger partial charge in [0.2, 0.25) is 0 Å². The van der Waals surface area contributed by atoms with Crippen molar-refractivity contribution in [3.63, 3.8) is 0 Å². The van der Waals surface area contributed by atoms with Crippen LogP contribution in [0.25, 0.3) is 11.0 Å². The molecule has 1 aromatic carbocycles. The molecule has 86 valence electrons. The Kier molecular flexibility index (Phi) is 6.34. The summed E-state index contributed by atoms with van der Waals surface area (Å²) in [7, 11) is 0. The summed E-state index contributed by atoms with van der Waals surface area (Å²) in [6.45, 7) is 12.1. The zero-order chi connectivity index (χ0) is 11.8. The summed E-state index contributed by atoms with van der Waals surface area (Å²) in [5, 5.41) is 10.6. The Labute approximate surface area is 93.4 Å². The number of hydrogen-bond donors (Lipinski definition) is 1. The first kappa shape index (κ1) is 13.6. The van der Waals surface area contributed by atoms with Crippen molar-refractivity contribution >= 4 is 11.0 Å². The predicted octanol–water partition coefficient (Wildman–Crippen LogP) is 3.87. The maximum atomic E-state index is 3.98. The van der Waals surface area contributed by atoms with Crippen molar-refractivity contribution in [1.82, 2.24) is 15.4 Å². The van der Waals surface area contributed by atoms with Crippen molar-refractivity contribution in [2.24, 2.45) is 0 Å². The molecule has 0 radical (unpaired) electrons. The number of aromatic amines is 1. The molecule has 1 N–H and O–H groups in total. The van der Waals surface area contributed by atoms with Gasteiger partial charge in [0, 0.05) is 1.43 Å². The van der Waals surface area contributed by atoms with E-state index in [9.17, 15) is 0 Å². The topological polar surface area (TPSA) is 41.6 Å². The fourth-order valence-electron chi connectivity index (χ4n) is 1.10. The highest BCUT2D eigenvalue weighted by atomic mass is 15.3. The number of nitrogens with zero attached hydrogens (tertiary/aromatic N) is 2. The molecule has 2 aromatic rings. The number of H-pyrrole nitrogens is 1. The maximum absolute atomic E-state index is 3.98. The smallest absolute Gasteiger partial charge is 0.113 e. The molecule has 0 spiro atoms. The molecule has 2 rings (SSSR count). The monoisotopic (exact) mass is 209 g/mol. The van der Waals surface area contributed by atoms with E-state index in [1.807, 2.05) is 39.8 Å². The Morgan fingerprint density at radius 2 is 1.20 bits per heavy atom. The summed E-state index contributed by atoms with van der Waals surface area (Å²) in [5.41, 5.74) is 4.39. The highest BCUT2D eigenvalue weighted by Crippen LogP contribution is 2.13. The van der Waals surface area contributed by atoms with Crippen LogP contribution in [0.2, 0.25) is 0 Å². The van der Waals surface area contributed by atoms with Crippen molar-refractivity contribution in [2.45, 2.75) is 41.5 Å². The second-order valence-electron chi connectivity index (χ2n) is 2.75. The van der Waals surface area contributed by atoms with Gasteiger partial charge in [0.05, 0.1) is 0 Å². The van der Waals surface area contributed by atoms with Crippen LogP contribution in [-0.2, 0) is 0 Å². The van der Waals surface area contributed by atoms with Gasteiger partial charge >= 0.3 is 0 Å². The standard InChI is InChI=1S/C8H9N3.2C2H6.H2/c1-5-3-7-8(4-6(5)2)10-11-9-7;2*1-2;/h3-4H,1-2H3,(H,9,10,11);2*1-2H3;1H. The van der Waals surface area contributed by atoms with Gasteiger partial charge in [0.15, 0.2) is 0 Å². The zero-order valence-electron chi connectivity index (χ0n) is 10.5. The van der Waals surface area contributed by atoms with E-state index in [0.29, 0.717) is 0 Å². The van der Waals surface area contributed by atoms with E-state index in [4.69, 9.17) is 0 Å². The Morgan fingerprint density at radius 3 is 1.53 bits per heavy atom. The third-order valence-corrected chi connectivity index (χ3v) is 1.93. The normalized spacial score (nSPS) is 8.67. The van der Waals surface area contributed by atoms with Crippen LogP contribution in [0.15, 0.2) is 12.1 Å². The molecular weight excluding hydrogens is 186 g/mol. The number of aromatic nitrogens is 3. The fourth-order valence-corrected chi connectivity index (χ4v) is 1.10. The summed E-state index contributed by atoms with van der Waals surface area (Å²) in [6, 6.07) is 4.07. The van der Waals surface area contributed by atoms with Crippen LogP contribution in [0.3, 0.4) is 0 Å². The van der Waals surface area contributed by atoms with Crippen LogP contribution >= 0.6 is 0 Å². The molecule has 1 heterocycles. The summed E-state index contributed by atoms with van der Waals surface area (Å²) >= 11 is 0. The van der Waals surface area contributed by atoms with Gasteiger partial charge in [0.1, 0.15) is 11.0 Å². The van der Waals surface area contributed by atoms with Gasteiger partial charge in [-0.3, -0.25) is 0 Å². The second-order valence-corrected chi connectivity index (χ2v) is 2.75.